The fourth-order valence-electron chi connectivity index (χ4n) is 1.75. The molecule has 0 aromatic carbocycles. The Labute approximate surface area is 106 Å². The third-order valence-electron chi connectivity index (χ3n) is 2.83. The van der Waals surface area contributed by atoms with Gasteiger partial charge in [-0.1, -0.05) is 18.7 Å². The van der Waals surface area contributed by atoms with Crippen LogP contribution in [0.5, 0.6) is 0 Å². The maximum absolute atomic E-state index is 4.50. The van der Waals surface area contributed by atoms with Crippen LogP contribution in [0.4, 0.5) is 0 Å². The minimum atomic E-state index is 0.703. The van der Waals surface area contributed by atoms with Crippen molar-refractivity contribution in [1.29, 1.82) is 0 Å². The lowest BCUT2D eigenvalue weighted by Crippen LogP contribution is -2.33. The molecule has 1 fully saturated rings. The topological polar surface area (TPSA) is 24.9 Å². The van der Waals surface area contributed by atoms with E-state index in [0.29, 0.717) is 6.04 Å². The predicted octanol–water partition coefficient (Wildman–Crippen LogP) is 3.32. The number of aryl methyl sites for hydroxylation is 1. The molecule has 1 atom stereocenters. The highest BCUT2D eigenvalue weighted by Crippen LogP contribution is 2.35. The molecule has 0 bridgehead atoms. The van der Waals surface area contributed by atoms with Crippen molar-refractivity contribution in [2.75, 3.05) is 12.3 Å². The molecule has 2 nitrogen and oxygen atoms in total. The number of nitrogens with one attached hydrogen (secondary N) is 1. The van der Waals surface area contributed by atoms with Crippen LogP contribution < -0.4 is 5.32 Å². The van der Waals surface area contributed by atoms with Crippen LogP contribution in [-0.2, 0) is 0 Å². The van der Waals surface area contributed by atoms with Gasteiger partial charge >= 0.3 is 0 Å². The lowest BCUT2D eigenvalue weighted by molar-refractivity contribution is 0.503. The lowest BCUT2D eigenvalue weighted by Gasteiger charge is -2.16. The van der Waals surface area contributed by atoms with E-state index >= 15 is 0 Å². The molecule has 90 valence electrons. The van der Waals surface area contributed by atoms with Gasteiger partial charge in [0.05, 0.1) is 0 Å². The van der Waals surface area contributed by atoms with Gasteiger partial charge in [0.1, 0.15) is 4.34 Å². The zero-order chi connectivity index (χ0) is 11.4. The first kappa shape index (κ1) is 12.4. The van der Waals surface area contributed by atoms with E-state index in [1.165, 1.54) is 29.4 Å². The molecule has 1 aromatic rings. The highest BCUT2D eigenvalue weighted by atomic mass is 32.2. The summed E-state index contributed by atoms with van der Waals surface area (Å²) in [7, 11) is 0. The highest BCUT2D eigenvalue weighted by Gasteiger charge is 2.30. The van der Waals surface area contributed by atoms with Crippen LogP contribution in [0.25, 0.3) is 0 Å². The van der Waals surface area contributed by atoms with Crippen molar-refractivity contribution in [2.45, 2.75) is 43.5 Å². The SMILES string of the molecule is CCCNC(CSc1nc(C)cs1)C1CC1. The van der Waals surface area contributed by atoms with E-state index in [9.17, 15) is 0 Å². The van der Waals surface area contributed by atoms with Gasteiger partial charge in [-0.05, 0) is 38.6 Å². The number of thiazole rings is 1. The molecule has 1 aromatic heterocycles. The van der Waals surface area contributed by atoms with Gasteiger partial charge in [-0.25, -0.2) is 4.98 Å². The molecule has 1 unspecified atom stereocenters. The van der Waals surface area contributed by atoms with Crippen molar-refractivity contribution in [3.05, 3.63) is 11.1 Å². The fraction of sp³-hybridized carbons (Fsp3) is 0.750. The summed E-state index contributed by atoms with van der Waals surface area (Å²) < 4.78 is 1.22. The van der Waals surface area contributed by atoms with E-state index in [0.717, 1.165) is 18.2 Å². The van der Waals surface area contributed by atoms with E-state index < -0.39 is 0 Å². The van der Waals surface area contributed by atoms with Crippen molar-refractivity contribution in [3.63, 3.8) is 0 Å². The summed E-state index contributed by atoms with van der Waals surface area (Å²) in [6, 6.07) is 0.703. The number of rotatable bonds is 7. The Morgan fingerprint density at radius 3 is 3.00 bits per heavy atom. The van der Waals surface area contributed by atoms with Crippen LogP contribution in [0.3, 0.4) is 0 Å². The van der Waals surface area contributed by atoms with Crippen molar-refractivity contribution in [1.82, 2.24) is 10.3 Å². The van der Waals surface area contributed by atoms with Crippen LogP contribution in [0.2, 0.25) is 0 Å². The van der Waals surface area contributed by atoms with Crippen LogP contribution in [0.1, 0.15) is 31.9 Å². The molecule has 0 saturated heterocycles. The zero-order valence-corrected chi connectivity index (χ0v) is 11.7. The second-order valence-corrected chi connectivity index (χ2v) is 6.59. The molecule has 0 amide bonds. The zero-order valence-electron chi connectivity index (χ0n) is 10.0. The van der Waals surface area contributed by atoms with E-state index in [4.69, 9.17) is 0 Å². The molecule has 16 heavy (non-hydrogen) atoms. The van der Waals surface area contributed by atoms with Crippen molar-refractivity contribution < 1.29 is 0 Å². The largest absolute Gasteiger partial charge is 0.313 e. The van der Waals surface area contributed by atoms with E-state index in [1.54, 1.807) is 11.3 Å². The van der Waals surface area contributed by atoms with Gasteiger partial charge in [-0.3, -0.25) is 0 Å². The van der Waals surface area contributed by atoms with Crippen LogP contribution in [0, 0.1) is 12.8 Å². The Bertz CT molecular complexity index is 321. The van der Waals surface area contributed by atoms with Gasteiger partial charge in [0.2, 0.25) is 0 Å². The summed E-state index contributed by atoms with van der Waals surface area (Å²) in [5.41, 5.74) is 1.15. The number of hydrogen-bond acceptors (Lipinski definition) is 4. The summed E-state index contributed by atoms with van der Waals surface area (Å²) in [6.45, 7) is 5.45. The third-order valence-corrected chi connectivity index (χ3v) is 5.09. The summed E-state index contributed by atoms with van der Waals surface area (Å²) in [4.78, 5) is 4.50. The molecule has 1 aliphatic rings. The smallest absolute Gasteiger partial charge is 0.150 e. The monoisotopic (exact) mass is 256 g/mol. The molecule has 0 aliphatic heterocycles. The Morgan fingerprint density at radius 1 is 1.62 bits per heavy atom. The summed E-state index contributed by atoms with van der Waals surface area (Å²) in [5.74, 6) is 2.11. The molecule has 1 N–H and O–H groups in total. The van der Waals surface area contributed by atoms with Crippen LogP contribution in [0.15, 0.2) is 9.72 Å². The van der Waals surface area contributed by atoms with Crippen molar-refractivity contribution in [2.24, 2.45) is 5.92 Å². The first-order chi connectivity index (χ1) is 7.79. The first-order valence-corrected chi connectivity index (χ1v) is 7.94. The second kappa shape index (κ2) is 6.03. The normalized spacial score (nSPS) is 17.6. The number of nitrogens with zero attached hydrogens (tertiary/aromatic N) is 1. The minimum Gasteiger partial charge on any atom is -0.313 e. The molecule has 4 heteroatoms. The average Bonchev–Trinajstić information content (AvgIpc) is 3.03. The van der Waals surface area contributed by atoms with E-state index in [2.05, 4.69) is 29.5 Å². The minimum absolute atomic E-state index is 0.703. The summed E-state index contributed by atoms with van der Waals surface area (Å²) >= 11 is 3.68. The van der Waals surface area contributed by atoms with Gasteiger partial charge in [-0.2, -0.15) is 0 Å². The Balaban J connectivity index is 1.77. The highest BCUT2D eigenvalue weighted by molar-refractivity contribution is 8.01. The molecule has 1 saturated carbocycles. The van der Waals surface area contributed by atoms with Gasteiger partial charge in [0.15, 0.2) is 0 Å². The van der Waals surface area contributed by atoms with Crippen LogP contribution >= 0.6 is 23.1 Å². The molecular weight excluding hydrogens is 236 g/mol. The number of aromatic nitrogens is 1. The van der Waals surface area contributed by atoms with E-state index in [-0.39, 0.29) is 0 Å². The maximum Gasteiger partial charge on any atom is 0.150 e. The molecule has 1 heterocycles. The van der Waals surface area contributed by atoms with Gasteiger partial charge in [0.25, 0.3) is 0 Å². The summed E-state index contributed by atoms with van der Waals surface area (Å²) in [5, 5.41) is 5.80. The average molecular weight is 256 g/mol. The number of hydrogen-bond donors (Lipinski definition) is 1. The quantitative estimate of drug-likeness (QED) is 0.758. The second-order valence-electron chi connectivity index (χ2n) is 4.46. The van der Waals surface area contributed by atoms with Gasteiger partial charge < -0.3 is 5.32 Å². The standard InChI is InChI=1S/C12H20N2S2/c1-3-6-13-11(10-4-5-10)8-16-12-14-9(2)7-15-12/h7,10-11,13H,3-6,8H2,1-2H3. The summed E-state index contributed by atoms with van der Waals surface area (Å²) in [6.07, 6.45) is 4.06. The number of thioether (sulfide) groups is 1. The Morgan fingerprint density at radius 2 is 2.44 bits per heavy atom. The molecular formula is C12H20N2S2. The maximum atomic E-state index is 4.50. The Kier molecular flexibility index (Phi) is 4.67. The lowest BCUT2D eigenvalue weighted by atomic mass is 10.2. The van der Waals surface area contributed by atoms with E-state index in [1.807, 2.05) is 11.8 Å². The van der Waals surface area contributed by atoms with Crippen molar-refractivity contribution >= 4 is 23.1 Å². The molecule has 2 rings (SSSR count). The van der Waals surface area contributed by atoms with Gasteiger partial charge in [0, 0.05) is 22.9 Å². The first-order valence-electron chi connectivity index (χ1n) is 6.08. The molecule has 0 spiro atoms. The van der Waals surface area contributed by atoms with Crippen LogP contribution in [-0.4, -0.2) is 23.3 Å². The fourth-order valence-corrected chi connectivity index (χ4v) is 3.81. The predicted molar refractivity (Wildman–Crippen MR) is 72.4 cm³/mol. The third kappa shape index (κ3) is 3.75. The van der Waals surface area contributed by atoms with Gasteiger partial charge in [-0.15, -0.1) is 11.3 Å². The molecule has 1 aliphatic carbocycles. The van der Waals surface area contributed by atoms with Crippen molar-refractivity contribution in [3.8, 4) is 0 Å². The molecule has 0 radical (unpaired) electrons. The Hall–Kier alpha value is -0.0600.